The number of benzene rings is 3. The van der Waals surface area contributed by atoms with E-state index >= 15 is 0 Å². The van der Waals surface area contributed by atoms with Gasteiger partial charge in [-0.1, -0.05) is 42.5 Å². The molecule has 1 aliphatic heterocycles. The van der Waals surface area contributed by atoms with Crippen LogP contribution in [0.2, 0.25) is 0 Å². The lowest BCUT2D eigenvalue weighted by Crippen LogP contribution is -2.44. The van der Waals surface area contributed by atoms with Gasteiger partial charge in [-0.15, -0.1) is 0 Å². The van der Waals surface area contributed by atoms with E-state index in [1.807, 2.05) is 42.5 Å². The van der Waals surface area contributed by atoms with Crippen molar-refractivity contribution >= 4 is 28.5 Å². The highest BCUT2D eigenvalue weighted by Gasteiger charge is 2.44. The minimum atomic E-state index is -1.02. The molecule has 2 unspecified atom stereocenters. The number of nitrogens with zero attached hydrogens (tertiary/aromatic N) is 2. The van der Waals surface area contributed by atoms with Crippen molar-refractivity contribution < 1.29 is 23.8 Å². The summed E-state index contributed by atoms with van der Waals surface area (Å²) in [5.74, 6) is -2.07. The monoisotopic (exact) mass is 436 g/mol. The van der Waals surface area contributed by atoms with Crippen molar-refractivity contribution in [2.75, 3.05) is 25.1 Å². The lowest BCUT2D eigenvalue weighted by Gasteiger charge is -2.29. The Kier molecular flexibility index (Phi) is 5.99. The molecule has 0 bridgehead atoms. The average molecular weight is 436 g/mol. The molecular formula is C25H25FN2O4. The molecule has 7 heteroatoms. The molecule has 0 saturated carbocycles. The van der Waals surface area contributed by atoms with E-state index in [1.165, 1.54) is 17.0 Å². The molecule has 0 fully saturated rings. The van der Waals surface area contributed by atoms with Gasteiger partial charge in [-0.3, -0.25) is 0 Å². The number of hydrogen-bond donors (Lipinski definition) is 1. The summed E-state index contributed by atoms with van der Waals surface area (Å²) in [6.07, 6.45) is -0.540. The van der Waals surface area contributed by atoms with Gasteiger partial charge in [-0.2, -0.15) is 0 Å². The quantitative estimate of drug-likeness (QED) is 0.610. The molecule has 2 atom stereocenters. The molecule has 3 aromatic rings. The topological polar surface area (TPSA) is 70.1 Å². The van der Waals surface area contributed by atoms with Crippen molar-refractivity contribution in [3.8, 4) is 0 Å². The van der Waals surface area contributed by atoms with Crippen LogP contribution in [0.15, 0.2) is 60.7 Å². The van der Waals surface area contributed by atoms with Gasteiger partial charge in [0, 0.05) is 31.7 Å². The summed E-state index contributed by atoms with van der Waals surface area (Å²) in [5, 5.41) is 12.3. The molecule has 32 heavy (non-hydrogen) atoms. The van der Waals surface area contributed by atoms with Gasteiger partial charge >= 0.3 is 12.1 Å². The van der Waals surface area contributed by atoms with Gasteiger partial charge in [-0.05, 0) is 47.0 Å². The summed E-state index contributed by atoms with van der Waals surface area (Å²) in [7, 11) is 1.56. The first-order valence-electron chi connectivity index (χ1n) is 10.5. The highest BCUT2D eigenvalue weighted by atomic mass is 19.1. The second kappa shape index (κ2) is 8.86. The number of carboxylic acid groups (broad SMARTS) is 1. The molecule has 1 N–H and O–H groups in total. The normalized spacial score (nSPS) is 17.3. The van der Waals surface area contributed by atoms with Crippen LogP contribution in [-0.4, -0.2) is 48.3 Å². The predicted molar refractivity (Wildman–Crippen MR) is 120 cm³/mol. The second-order valence-electron chi connectivity index (χ2n) is 7.94. The van der Waals surface area contributed by atoms with Gasteiger partial charge in [0.15, 0.2) is 0 Å². The molecule has 3 aromatic carbocycles. The Hall–Kier alpha value is -3.61. The van der Waals surface area contributed by atoms with Crippen molar-refractivity contribution in [3.05, 3.63) is 77.6 Å². The first kappa shape index (κ1) is 21.6. The van der Waals surface area contributed by atoms with E-state index in [2.05, 4.69) is 0 Å². The number of fused-ring (bicyclic) bond motifs is 2. The number of amides is 1. The first-order chi connectivity index (χ1) is 15.4. The van der Waals surface area contributed by atoms with E-state index in [1.54, 1.807) is 24.9 Å². The highest BCUT2D eigenvalue weighted by Crippen LogP contribution is 2.43. The van der Waals surface area contributed by atoms with E-state index in [0.29, 0.717) is 17.8 Å². The standard InChI is InChI=1S/C25H25FN2O4/c1-3-32-25(31)27(2)15-21-20-13-18(26)11-12-22(20)28(23(21)24(29)30)14-17-9-6-8-16-7-4-5-10-19(16)17/h4-13,21,23H,3,14-15H2,1-2H3,(H,29,30). The minimum Gasteiger partial charge on any atom is -0.480 e. The van der Waals surface area contributed by atoms with Crippen LogP contribution < -0.4 is 4.90 Å². The lowest BCUT2D eigenvalue weighted by molar-refractivity contribution is -0.139. The van der Waals surface area contributed by atoms with Crippen molar-refractivity contribution in [2.45, 2.75) is 25.4 Å². The van der Waals surface area contributed by atoms with Gasteiger partial charge in [0.2, 0.25) is 0 Å². The number of likely N-dealkylation sites (N-methyl/N-ethyl adjacent to an activating group) is 1. The van der Waals surface area contributed by atoms with E-state index in [-0.39, 0.29) is 13.2 Å². The van der Waals surface area contributed by atoms with E-state index in [9.17, 15) is 19.1 Å². The molecular weight excluding hydrogens is 411 g/mol. The Morgan fingerprint density at radius 2 is 1.88 bits per heavy atom. The van der Waals surface area contributed by atoms with Crippen LogP contribution >= 0.6 is 0 Å². The van der Waals surface area contributed by atoms with Gasteiger partial charge in [0.05, 0.1) is 6.61 Å². The van der Waals surface area contributed by atoms with Crippen molar-refractivity contribution in [3.63, 3.8) is 0 Å². The minimum absolute atomic E-state index is 0.0955. The Morgan fingerprint density at radius 3 is 2.62 bits per heavy atom. The number of hydrogen-bond acceptors (Lipinski definition) is 4. The van der Waals surface area contributed by atoms with E-state index < -0.39 is 29.8 Å². The molecule has 1 amide bonds. The van der Waals surface area contributed by atoms with Crippen LogP contribution in [0.3, 0.4) is 0 Å². The number of carbonyl (C=O) groups is 2. The van der Waals surface area contributed by atoms with Gasteiger partial charge in [0.1, 0.15) is 11.9 Å². The van der Waals surface area contributed by atoms with Crippen LogP contribution in [0.25, 0.3) is 10.8 Å². The van der Waals surface area contributed by atoms with Crippen LogP contribution in [0.1, 0.15) is 24.0 Å². The van der Waals surface area contributed by atoms with Crippen LogP contribution in [-0.2, 0) is 16.1 Å². The van der Waals surface area contributed by atoms with Gasteiger partial charge < -0.3 is 19.6 Å². The third kappa shape index (κ3) is 3.98. The molecule has 1 heterocycles. The SMILES string of the molecule is CCOC(=O)N(C)CC1c2cc(F)ccc2N(Cc2cccc3ccccc23)C1C(=O)O. The maximum atomic E-state index is 14.2. The first-order valence-corrected chi connectivity index (χ1v) is 10.5. The lowest BCUT2D eigenvalue weighted by atomic mass is 9.94. The molecule has 0 aromatic heterocycles. The smallest absolute Gasteiger partial charge is 0.409 e. The molecule has 0 aliphatic carbocycles. The maximum absolute atomic E-state index is 14.2. The molecule has 1 aliphatic rings. The number of rotatable bonds is 6. The number of ether oxygens (including phenoxy) is 1. The Labute approximate surface area is 185 Å². The second-order valence-corrected chi connectivity index (χ2v) is 7.94. The Morgan fingerprint density at radius 1 is 1.12 bits per heavy atom. The molecule has 0 spiro atoms. The number of aliphatic carboxylic acids is 1. The summed E-state index contributed by atoms with van der Waals surface area (Å²) in [5.41, 5.74) is 2.21. The van der Waals surface area contributed by atoms with E-state index in [4.69, 9.17) is 4.74 Å². The maximum Gasteiger partial charge on any atom is 0.409 e. The van der Waals surface area contributed by atoms with Crippen LogP contribution in [0.4, 0.5) is 14.9 Å². The summed E-state index contributed by atoms with van der Waals surface area (Å²) < 4.78 is 19.2. The van der Waals surface area contributed by atoms with Crippen LogP contribution in [0.5, 0.6) is 0 Å². The molecule has 4 rings (SSSR count). The zero-order chi connectivity index (χ0) is 22.8. The number of carboxylic acids is 1. The van der Waals surface area contributed by atoms with Crippen molar-refractivity contribution in [1.29, 1.82) is 0 Å². The fraction of sp³-hybridized carbons (Fsp3) is 0.280. The Balaban J connectivity index is 1.75. The van der Waals surface area contributed by atoms with Gasteiger partial charge in [-0.25, -0.2) is 14.0 Å². The average Bonchev–Trinajstić information content (AvgIpc) is 3.06. The zero-order valence-electron chi connectivity index (χ0n) is 18.0. The molecule has 0 radical (unpaired) electrons. The van der Waals surface area contributed by atoms with Crippen molar-refractivity contribution in [2.24, 2.45) is 0 Å². The summed E-state index contributed by atoms with van der Waals surface area (Å²) in [6, 6.07) is 17.2. The number of halogens is 1. The fourth-order valence-electron chi connectivity index (χ4n) is 4.53. The summed E-state index contributed by atoms with van der Waals surface area (Å²) in [4.78, 5) is 27.8. The highest BCUT2D eigenvalue weighted by molar-refractivity contribution is 5.88. The van der Waals surface area contributed by atoms with Gasteiger partial charge in [0.25, 0.3) is 0 Å². The predicted octanol–water partition coefficient (Wildman–Crippen LogP) is 4.62. The third-order valence-corrected chi connectivity index (χ3v) is 5.94. The summed E-state index contributed by atoms with van der Waals surface area (Å²) in [6.45, 7) is 2.36. The molecule has 6 nitrogen and oxygen atoms in total. The summed E-state index contributed by atoms with van der Waals surface area (Å²) >= 11 is 0. The largest absolute Gasteiger partial charge is 0.480 e. The third-order valence-electron chi connectivity index (χ3n) is 5.94. The van der Waals surface area contributed by atoms with Crippen molar-refractivity contribution in [1.82, 2.24) is 4.90 Å². The molecule has 0 saturated heterocycles. The fourth-order valence-corrected chi connectivity index (χ4v) is 4.53. The zero-order valence-corrected chi connectivity index (χ0v) is 18.0. The Bertz CT molecular complexity index is 1160. The van der Waals surface area contributed by atoms with E-state index in [0.717, 1.165) is 16.3 Å². The number of anilines is 1. The van der Waals surface area contributed by atoms with Crippen LogP contribution in [0, 0.1) is 5.82 Å². The number of carbonyl (C=O) groups excluding carboxylic acids is 1. The molecule has 166 valence electrons.